The van der Waals surface area contributed by atoms with E-state index >= 15 is 0 Å². The van der Waals surface area contributed by atoms with Gasteiger partial charge in [0.1, 0.15) is 0 Å². The summed E-state index contributed by atoms with van der Waals surface area (Å²) in [5.41, 5.74) is 1.37. The predicted octanol–water partition coefficient (Wildman–Crippen LogP) is 2.94. The fourth-order valence-electron chi connectivity index (χ4n) is 3.91. The number of nitrogens with zero attached hydrogens (tertiary/aromatic N) is 3. The molecule has 0 saturated carbocycles. The largest absolute Gasteiger partial charge is 0.289 e. The zero-order valence-corrected chi connectivity index (χ0v) is 19.1. The molecule has 1 atom stereocenters. The summed E-state index contributed by atoms with van der Waals surface area (Å²) in [6.45, 7) is 3.13. The maximum absolute atomic E-state index is 13.0. The lowest BCUT2D eigenvalue weighted by atomic mass is 10.2. The molecule has 0 bridgehead atoms. The van der Waals surface area contributed by atoms with Gasteiger partial charge in [0.25, 0.3) is 5.91 Å². The third kappa shape index (κ3) is 4.23. The van der Waals surface area contributed by atoms with Crippen molar-refractivity contribution in [1.82, 2.24) is 9.21 Å². The van der Waals surface area contributed by atoms with Gasteiger partial charge in [-0.2, -0.15) is 4.31 Å². The first-order chi connectivity index (χ1) is 14.7. The Kier molecular flexibility index (Phi) is 6.11. The van der Waals surface area contributed by atoms with Crippen LogP contribution >= 0.6 is 23.2 Å². The maximum atomic E-state index is 13.0. The molecule has 0 aliphatic carbocycles. The van der Waals surface area contributed by atoms with Gasteiger partial charge in [-0.05, 0) is 37.3 Å². The first-order valence-corrected chi connectivity index (χ1v) is 12.0. The highest BCUT2D eigenvalue weighted by atomic mass is 35.5. The quantitative estimate of drug-likeness (QED) is 0.627. The number of amides is 2. The Hall–Kier alpha value is -1.97. The smallest absolute Gasteiger partial charge is 0.251 e. The van der Waals surface area contributed by atoms with E-state index < -0.39 is 16.1 Å². The van der Waals surface area contributed by atoms with E-state index in [2.05, 4.69) is 0 Å². The van der Waals surface area contributed by atoms with Crippen molar-refractivity contribution in [2.75, 3.05) is 31.1 Å². The maximum Gasteiger partial charge on any atom is 0.251 e. The van der Waals surface area contributed by atoms with Gasteiger partial charge in [-0.15, -0.1) is 0 Å². The number of piperazine rings is 1. The van der Waals surface area contributed by atoms with Crippen molar-refractivity contribution in [2.24, 2.45) is 0 Å². The number of halogens is 2. The standard InChI is InChI=1S/C21H21Cl2N3O4S/c1-14-2-5-16(6-3-14)31(29,30)25-10-8-24(9-11-25)19-13-20(27)26(21(19)28)15-4-7-17(22)18(23)12-15/h2-7,12,19H,8-11,13H2,1H3. The third-order valence-corrected chi connectivity index (χ3v) is 8.31. The molecule has 2 heterocycles. The van der Waals surface area contributed by atoms with Gasteiger partial charge in [0.05, 0.1) is 33.1 Å². The van der Waals surface area contributed by atoms with Gasteiger partial charge in [0.2, 0.25) is 15.9 Å². The average Bonchev–Trinajstić information content (AvgIpc) is 3.04. The van der Waals surface area contributed by atoms with Crippen molar-refractivity contribution in [3.8, 4) is 0 Å². The van der Waals surface area contributed by atoms with Gasteiger partial charge < -0.3 is 0 Å². The third-order valence-electron chi connectivity index (χ3n) is 5.66. The molecule has 1 unspecified atom stereocenters. The van der Waals surface area contributed by atoms with Crippen LogP contribution in [0.3, 0.4) is 0 Å². The molecule has 2 aliphatic heterocycles. The van der Waals surface area contributed by atoms with Crippen LogP contribution in [0.5, 0.6) is 0 Å². The van der Waals surface area contributed by atoms with Gasteiger partial charge in [-0.25, -0.2) is 13.3 Å². The minimum atomic E-state index is -3.60. The number of aryl methyl sites for hydroxylation is 1. The summed E-state index contributed by atoms with van der Waals surface area (Å²) in [6, 6.07) is 10.7. The summed E-state index contributed by atoms with van der Waals surface area (Å²) in [7, 11) is -3.60. The minimum Gasteiger partial charge on any atom is -0.289 e. The first-order valence-electron chi connectivity index (χ1n) is 9.81. The monoisotopic (exact) mass is 481 g/mol. The zero-order chi connectivity index (χ0) is 22.3. The molecule has 0 spiro atoms. The molecule has 2 saturated heterocycles. The Balaban J connectivity index is 1.45. The lowest BCUT2D eigenvalue weighted by Crippen LogP contribution is -2.53. The van der Waals surface area contributed by atoms with Gasteiger partial charge in [-0.3, -0.25) is 14.5 Å². The molecule has 2 fully saturated rings. The Bertz CT molecular complexity index is 1130. The second-order valence-electron chi connectivity index (χ2n) is 7.64. The number of imide groups is 1. The summed E-state index contributed by atoms with van der Waals surface area (Å²) in [4.78, 5) is 28.8. The number of carbonyl (C=O) groups excluding carboxylic acids is 2. The molecule has 2 amide bonds. The van der Waals surface area contributed by atoms with Crippen molar-refractivity contribution in [3.05, 3.63) is 58.1 Å². The van der Waals surface area contributed by atoms with E-state index in [-0.39, 0.29) is 41.2 Å². The molecule has 0 radical (unpaired) electrons. The van der Waals surface area contributed by atoms with E-state index in [0.717, 1.165) is 10.5 Å². The summed E-state index contributed by atoms with van der Waals surface area (Å²) in [6.07, 6.45) is 0.0454. The van der Waals surface area contributed by atoms with Gasteiger partial charge >= 0.3 is 0 Å². The van der Waals surface area contributed by atoms with Gasteiger partial charge in [0.15, 0.2) is 0 Å². The number of hydrogen-bond acceptors (Lipinski definition) is 5. The van der Waals surface area contributed by atoms with Crippen molar-refractivity contribution in [2.45, 2.75) is 24.3 Å². The second kappa shape index (κ2) is 8.52. The highest BCUT2D eigenvalue weighted by Crippen LogP contribution is 2.31. The topological polar surface area (TPSA) is 78.0 Å². The fourth-order valence-corrected chi connectivity index (χ4v) is 5.63. The van der Waals surface area contributed by atoms with Gasteiger partial charge in [0, 0.05) is 26.2 Å². The van der Waals surface area contributed by atoms with Crippen molar-refractivity contribution >= 4 is 50.7 Å². The number of benzene rings is 2. The Morgan fingerprint density at radius 1 is 0.903 bits per heavy atom. The molecule has 31 heavy (non-hydrogen) atoms. The normalized spacial score (nSPS) is 21.1. The fraction of sp³-hybridized carbons (Fsp3) is 0.333. The average molecular weight is 482 g/mol. The van der Waals surface area contributed by atoms with Crippen molar-refractivity contribution in [1.29, 1.82) is 0 Å². The van der Waals surface area contributed by atoms with E-state index in [1.165, 1.54) is 10.4 Å². The van der Waals surface area contributed by atoms with Crippen LogP contribution in [0.1, 0.15) is 12.0 Å². The molecule has 0 aromatic heterocycles. The molecule has 2 aromatic carbocycles. The highest BCUT2D eigenvalue weighted by molar-refractivity contribution is 7.89. The molecule has 7 nitrogen and oxygen atoms in total. The molecule has 0 N–H and O–H groups in total. The van der Waals surface area contributed by atoms with Crippen LogP contribution in [0, 0.1) is 6.92 Å². The number of rotatable bonds is 4. The number of hydrogen-bond donors (Lipinski definition) is 0. The number of sulfonamides is 1. The Morgan fingerprint density at radius 3 is 2.16 bits per heavy atom. The molecule has 2 aromatic rings. The Labute approximate surface area is 191 Å². The van der Waals surface area contributed by atoms with Crippen molar-refractivity contribution < 1.29 is 18.0 Å². The van der Waals surface area contributed by atoms with Crippen LogP contribution in [-0.2, 0) is 19.6 Å². The van der Waals surface area contributed by atoms with Crippen LogP contribution in [0.25, 0.3) is 0 Å². The Morgan fingerprint density at radius 2 is 1.55 bits per heavy atom. The van der Waals surface area contributed by atoms with Crippen LogP contribution in [0.15, 0.2) is 47.4 Å². The molecular weight excluding hydrogens is 461 g/mol. The summed E-state index contributed by atoms with van der Waals surface area (Å²) in [5, 5.41) is 0.602. The number of carbonyl (C=O) groups is 2. The van der Waals surface area contributed by atoms with Gasteiger partial charge in [-0.1, -0.05) is 40.9 Å². The van der Waals surface area contributed by atoms with E-state index in [1.807, 2.05) is 11.8 Å². The second-order valence-corrected chi connectivity index (χ2v) is 10.4. The number of anilines is 1. The van der Waals surface area contributed by atoms with E-state index in [4.69, 9.17) is 23.2 Å². The lowest BCUT2D eigenvalue weighted by molar-refractivity contribution is -0.123. The minimum absolute atomic E-state index is 0.0454. The highest BCUT2D eigenvalue weighted by Gasteiger charge is 2.44. The van der Waals surface area contributed by atoms with Crippen LogP contribution in [-0.4, -0.2) is 61.7 Å². The molecule has 10 heteroatoms. The lowest BCUT2D eigenvalue weighted by Gasteiger charge is -2.36. The molecule has 4 rings (SSSR count). The van der Waals surface area contributed by atoms with Crippen LogP contribution < -0.4 is 4.90 Å². The zero-order valence-electron chi connectivity index (χ0n) is 16.8. The first kappa shape index (κ1) is 22.2. The summed E-state index contributed by atoms with van der Waals surface area (Å²) < 4.78 is 27.2. The summed E-state index contributed by atoms with van der Waals surface area (Å²) >= 11 is 12.0. The molecule has 164 valence electrons. The molecular formula is C21H21Cl2N3O4S. The van der Waals surface area contributed by atoms with E-state index in [1.54, 1.807) is 36.4 Å². The van der Waals surface area contributed by atoms with Crippen molar-refractivity contribution in [3.63, 3.8) is 0 Å². The predicted molar refractivity (Wildman–Crippen MR) is 119 cm³/mol. The van der Waals surface area contributed by atoms with E-state index in [9.17, 15) is 18.0 Å². The molecule has 2 aliphatic rings. The van der Waals surface area contributed by atoms with Crippen LogP contribution in [0.2, 0.25) is 10.0 Å². The van der Waals surface area contributed by atoms with Crippen LogP contribution in [0.4, 0.5) is 5.69 Å². The SMILES string of the molecule is Cc1ccc(S(=O)(=O)N2CCN(C3CC(=O)N(c4ccc(Cl)c(Cl)c4)C3=O)CC2)cc1. The van der Waals surface area contributed by atoms with E-state index in [0.29, 0.717) is 23.8 Å². The summed E-state index contributed by atoms with van der Waals surface area (Å²) in [5.74, 6) is -0.652.